The van der Waals surface area contributed by atoms with E-state index in [1.54, 1.807) is 0 Å². The SMILES string of the molecule is Cc1cc(C)c(-c2cc3c4c(c2)N(c2ccc(C(C)(C)C)cc2-c2ccccc2)c2c(oc5ccccc25)B4N2c4ccccc4Sc4cccc-3c42)c(C)c1. The van der Waals surface area contributed by atoms with Gasteiger partial charge in [-0.1, -0.05) is 123 Å². The van der Waals surface area contributed by atoms with E-state index in [0.717, 1.165) is 28.0 Å². The molecule has 0 N–H and O–H groups in total. The predicted molar refractivity (Wildman–Crippen MR) is 238 cm³/mol. The fourth-order valence-corrected chi connectivity index (χ4v) is 10.8. The molecule has 7 aromatic carbocycles. The molecule has 4 heterocycles. The molecule has 0 atom stereocenters. The number of rotatable bonds is 3. The molecule has 0 saturated heterocycles. The highest BCUT2D eigenvalue weighted by Gasteiger charge is 2.50. The summed E-state index contributed by atoms with van der Waals surface area (Å²) in [6.45, 7) is 13.5. The van der Waals surface area contributed by atoms with Gasteiger partial charge in [0.1, 0.15) is 11.2 Å². The van der Waals surface area contributed by atoms with Crippen LogP contribution in [0.15, 0.2) is 154 Å². The molecular weight excluding hydrogens is 699 g/mol. The molecule has 0 aliphatic carbocycles. The summed E-state index contributed by atoms with van der Waals surface area (Å²) in [4.78, 5) is 7.66. The largest absolute Gasteiger partial charge is 0.466 e. The van der Waals surface area contributed by atoms with E-state index in [9.17, 15) is 0 Å². The highest BCUT2D eigenvalue weighted by molar-refractivity contribution is 7.99. The van der Waals surface area contributed by atoms with Crippen LogP contribution in [0.25, 0.3) is 44.3 Å². The lowest BCUT2D eigenvalue weighted by Gasteiger charge is -2.46. The maximum Gasteiger partial charge on any atom is 0.376 e. The average Bonchev–Trinajstić information content (AvgIpc) is 3.57. The van der Waals surface area contributed by atoms with Crippen LogP contribution in [0.2, 0.25) is 0 Å². The van der Waals surface area contributed by atoms with Gasteiger partial charge in [-0.25, -0.2) is 0 Å². The Labute approximate surface area is 333 Å². The van der Waals surface area contributed by atoms with Gasteiger partial charge in [-0.05, 0) is 125 Å². The van der Waals surface area contributed by atoms with Gasteiger partial charge in [-0.2, -0.15) is 0 Å². The van der Waals surface area contributed by atoms with Gasteiger partial charge in [-0.15, -0.1) is 0 Å². The third-order valence-corrected chi connectivity index (χ3v) is 13.1. The number of aryl methyl sites for hydroxylation is 3. The Balaban J connectivity index is 1.32. The van der Waals surface area contributed by atoms with Crippen molar-refractivity contribution in [2.45, 2.75) is 56.7 Å². The van der Waals surface area contributed by atoms with Crippen LogP contribution in [0, 0.1) is 20.8 Å². The van der Waals surface area contributed by atoms with Gasteiger partial charge in [0.15, 0.2) is 0 Å². The standard InChI is InChI=1S/C51H41BN2OS/c1-30-25-31(2)46(32(3)26-30)34-27-39-36-18-14-22-45-48(36)54(41-19-11-13-21-44(41)56-45)52-47(39)42(28-34)53(49-37-17-10-12-20-43(37)55-50(49)52)40-24-23-35(51(4,5)6)29-38(40)33-15-8-7-9-16-33/h7-29H,1-6H3. The number of nitrogens with zero attached hydrogens (tertiary/aromatic N) is 2. The average molecular weight is 741 g/mol. The minimum atomic E-state index is -0.183. The van der Waals surface area contributed by atoms with E-state index in [1.807, 2.05) is 11.8 Å². The zero-order valence-electron chi connectivity index (χ0n) is 32.6. The van der Waals surface area contributed by atoms with Crippen molar-refractivity contribution in [2.24, 2.45) is 0 Å². The minimum absolute atomic E-state index is 0.0246. The van der Waals surface area contributed by atoms with Crippen LogP contribution < -0.4 is 20.8 Å². The van der Waals surface area contributed by atoms with Gasteiger partial charge in [0, 0.05) is 37.7 Å². The molecule has 0 spiro atoms. The van der Waals surface area contributed by atoms with Gasteiger partial charge < -0.3 is 14.1 Å². The van der Waals surface area contributed by atoms with Crippen molar-refractivity contribution in [3.63, 3.8) is 0 Å². The monoisotopic (exact) mass is 740 g/mol. The highest BCUT2D eigenvalue weighted by atomic mass is 32.2. The summed E-state index contributed by atoms with van der Waals surface area (Å²) in [5, 5.41) is 1.11. The number of anilines is 5. The van der Waals surface area contributed by atoms with E-state index in [2.05, 4.69) is 191 Å². The lowest BCUT2D eigenvalue weighted by atomic mass is 9.45. The molecule has 8 aromatic rings. The molecule has 3 aliphatic rings. The second kappa shape index (κ2) is 12.0. The third-order valence-electron chi connectivity index (χ3n) is 12.0. The number of benzene rings is 7. The van der Waals surface area contributed by atoms with Gasteiger partial charge in [0.05, 0.1) is 17.1 Å². The molecule has 0 saturated carbocycles. The van der Waals surface area contributed by atoms with E-state index in [-0.39, 0.29) is 12.3 Å². The molecule has 3 aliphatic heterocycles. The molecule has 0 amide bonds. The Morgan fingerprint density at radius 2 is 1.30 bits per heavy atom. The van der Waals surface area contributed by atoms with Crippen LogP contribution in [0.5, 0.6) is 0 Å². The molecule has 0 fully saturated rings. The molecule has 0 unspecified atom stereocenters. The van der Waals surface area contributed by atoms with Crippen LogP contribution in [-0.2, 0) is 5.41 Å². The first-order valence-electron chi connectivity index (χ1n) is 19.6. The van der Waals surface area contributed by atoms with E-state index >= 15 is 0 Å². The lowest BCUT2D eigenvalue weighted by molar-refractivity contribution is 0.590. The zero-order chi connectivity index (χ0) is 38.0. The van der Waals surface area contributed by atoms with Crippen molar-refractivity contribution < 1.29 is 4.42 Å². The molecule has 270 valence electrons. The molecule has 1 aromatic heterocycles. The number of fused-ring (bicyclic) bond motifs is 8. The summed E-state index contributed by atoms with van der Waals surface area (Å²) in [6, 6.07) is 52.0. The second-order valence-electron chi connectivity index (χ2n) is 16.7. The molecule has 0 radical (unpaired) electrons. The fourth-order valence-electron chi connectivity index (χ4n) is 9.69. The molecular formula is C51H41BN2OS. The first-order valence-corrected chi connectivity index (χ1v) is 20.4. The zero-order valence-corrected chi connectivity index (χ0v) is 33.4. The highest BCUT2D eigenvalue weighted by Crippen LogP contribution is 2.57. The summed E-state index contributed by atoms with van der Waals surface area (Å²) < 4.78 is 7.22. The third kappa shape index (κ3) is 4.80. The topological polar surface area (TPSA) is 19.6 Å². The van der Waals surface area contributed by atoms with Crippen molar-refractivity contribution in [1.82, 2.24) is 0 Å². The second-order valence-corrected chi connectivity index (χ2v) is 17.8. The van der Waals surface area contributed by atoms with E-state index < -0.39 is 0 Å². The smallest absolute Gasteiger partial charge is 0.376 e. The summed E-state index contributed by atoms with van der Waals surface area (Å²) >= 11 is 1.87. The van der Waals surface area contributed by atoms with Crippen LogP contribution in [0.1, 0.15) is 43.0 Å². The van der Waals surface area contributed by atoms with Crippen molar-refractivity contribution in [2.75, 3.05) is 9.71 Å². The van der Waals surface area contributed by atoms with E-state index in [4.69, 9.17) is 4.42 Å². The van der Waals surface area contributed by atoms with Gasteiger partial charge >= 0.3 is 6.85 Å². The van der Waals surface area contributed by atoms with E-state index in [1.165, 1.54) is 88.0 Å². The maximum absolute atomic E-state index is 7.22. The summed E-state index contributed by atoms with van der Waals surface area (Å²) in [5.74, 6) is 0. The van der Waals surface area contributed by atoms with Crippen molar-refractivity contribution in [3.8, 4) is 33.4 Å². The van der Waals surface area contributed by atoms with Crippen molar-refractivity contribution in [3.05, 3.63) is 162 Å². The quantitative estimate of drug-likeness (QED) is 0.168. The minimum Gasteiger partial charge on any atom is -0.466 e. The Morgan fingerprint density at radius 1 is 0.571 bits per heavy atom. The fraction of sp³-hybridized carbons (Fsp3) is 0.137. The lowest BCUT2D eigenvalue weighted by Crippen LogP contribution is -2.61. The first kappa shape index (κ1) is 33.4. The number of hydrogen-bond donors (Lipinski definition) is 0. The van der Waals surface area contributed by atoms with Gasteiger partial charge in [0.2, 0.25) is 0 Å². The van der Waals surface area contributed by atoms with Gasteiger partial charge in [0.25, 0.3) is 0 Å². The number of furan rings is 1. The Bertz CT molecular complexity index is 2920. The first-order chi connectivity index (χ1) is 27.2. The Hall–Kier alpha value is -5.91. The molecule has 3 nitrogen and oxygen atoms in total. The maximum atomic E-state index is 7.22. The van der Waals surface area contributed by atoms with Crippen LogP contribution >= 0.6 is 11.8 Å². The van der Waals surface area contributed by atoms with Crippen molar-refractivity contribution in [1.29, 1.82) is 0 Å². The summed E-state index contributed by atoms with van der Waals surface area (Å²) in [6.07, 6.45) is 0. The normalized spacial score (nSPS) is 13.7. The van der Waals surface area contributed by atoms with E-state index in [0.29, 0.717) is 0 Å². The molecule has 11 rings (SSSR count). The van der Waals surface area contributed by atoms with Crippen LogP contribution in [0.3, 0.4) is 0 Å². The molecule has 0 bridgehead atoms. The molecule has 56 heavy (non-hydrogen) atoms. The summed E-state index contributed by atoms with van der Waals surface area (Å²) in [7, 11) is 0. The van der Waals surface area contributed by atoms with Crippen LogP contribution in [-0.4, -0.2) is 6.85 Å². The summed E-state index contributed by atoms with van der Waals surface area (Å²) in [5.41, 5.74) is 21.6. The molecule has 5 heteroatoms. The Kier molecular flexibility index (Phi) is 7.19. The number of hydrogen-bond acceptors (Lipinski definition) is 4. The Morgan fingerprint density at radius 3 is 2.11 bits per heavy atom. The van der Waals surface area contributed by atoms with Crippen molar-refractivity contribution >= 4 is 69.1 Å². The number of para-hydroxylation sites is 3. The van der Waals surface area contributed by atoms with Gasteiger partial charge in [-0.3, -0.25) is 0 Å². The van der Waals surface area contributed by atoms with Crippen LogP contribution in [0.4, 0.5) is 28.4 Å². The predicted octanol–water partition coefficient (Wildman–Crippen LogP) is 13.2.